The van der Waals surface area contributed by atoms with Gasteiger partial charge in [0.1, 0.15) is 11.8 Å². The summed E-state index contributed by atoms with van der Waals surface area (Å²) in [6.45, 7) is 3.59. The van der Waals surface area contributed by atoms with Gasteiger partial charge in [-0.25, -0.2) is 9.59 Å². The number of nitrogens with zero attached hydrogens (tertiary/aromatic N) is 3. The maximum absolute atomic E-state index is 13.2. The number of anilines is 2. The van der Waals surface area contributed by atoms with Crippen molar-refractivity contribution in [1.29, 1.82) is 0 Å². The Balaban J connectivity index is 1.37. The van der Waals surface area contributed by atoms with Crippen LogP contribution >= 0.6 is 0 Å². The number of ether oxygens (including phenoxy) is 1. The van der Waals surface area contributed by atoms with Gasteiger partial charge in [-0.3, -0.25) is 9.59 Å². The number of urea groups is 1. The van der Waals surface area contributed by atoms with E-state index in [-0.39, 0.29) is 31.3 Å². The number of carbonyl (C=O) groups excluding carboxylic acids is 3. The number of para-hydroxylation sites is 1. The van der Waals surface area contributed by atoms with Crippen LogP contribution in [0.5, 0.6) is 5.75 Å². The smallest absolute Gasteiger partial charge is 0.407 e. The number of likely N-dealkylation sites (tertiary alicyclic amines) is 1. The standard InChI is InChI=1S/C27H33N5O6/c1-18-6-3-4-7-20(18)28-26(35)29-21-10-9-19(16-23(21)38-2)17-24(33)32-11-5-8-22(32)25(34)30-12-14-31(15-13-30)27(36)37/h3-4,6-7,9-10,16,22H,5,8,11-15,17H2,1-2H3,(H,36,37)(H2,28,29,35). The SMILES string of the molecule is COc1cc(CC(=O)N2CCCC2C(=O)N2CCN(C(=O)O)CC2)ccc1NC(=O)Nc1ccccc1C. The van der Waals surface area contributed by atoms with Crippen molar-refractivity contribution in [3.63, 3.8) is 0 Å². The number of hydrogen-bond donors (Lipinski definition) is 3. The van der Waals surface area contributed by atoms with E-state index in [1.54, 1.807) is 28.0 Å². The van der Waals surface area contributed by atoms with Gasteiger partial charge < -0.3 is 35.2 Å². The zero-order valence-corrected chi connectivity index (χ0v) is 21.6. The molecular formula is C27H33N5O6. The highest BCUT2D eigenvalue weighted by Crippen LogP contribution is 2.28. The Morgan fingerprint density at radius 2 is 1.63 bits per heavy atom. The predicted molar refractivity (Wildman–Crippen MR) is 141 cm³/mol. The summed E-state index contributed by atoms with van der Waals surface area (Å²) < 4.78 is 5.46. The molecule has 2 aliphatic heterocycles. The van der Waals surface area contributed by atoms with Gasteiger partial charge in [-0.2, -0.15) is 0 Å². The van der Waals surface area contributed by atoms with Gasteiger partial charge in [-0.05, 0) is 49.1 Å². The summed E-state index contributed by atoms with van der Waals surface area (Å²) >= 11 is 0. The molecule has 2 fully saturated rings. The first-order valence-corrected chi connectivity index (χ1v) is 12.6. The van der Waals surface area contributed by atoms with Crippen LogP contribution in [0.25, 0.3) is 0 Å². The number of methoxy groups -OCH3 is 1. The van der Waals surface area contributed by atoms with E-state index in [9.17, 15) is 19.2 Å². The highest BCUT2D eigenvalue weighted by molar-refractivity contribution is 6.01. The normalized spacial score (nSPS) is 17.2. The Labute approximate surface area is 221 Å². The molecule has 0 aliphatic carbocycles. The average Bonchev–Trinajstić information content (AvgIpc) is 3.41. The van der Waals surface area contributed by atoms with Crippen LogP contribution in [0.4, 0.5) is 21.0 Å². The second kappa shape index (κ2) is 11.8. The fraction of sp³-hybridized carbons (Fsp3) is 0.407. The lowest BCUT2D eigenvalue weighted by molar-refractivity contribution is -0.144. The van der Waals surface area contributed by atoms with Gasteiger partial charge in [-0.15, -0.1) is 0 Å². The maximum Gasteiger partial charge on any atom is 0.407 e. The second-order valence-electron chi connectivity index (χ2n) is 9.45. The molecule has 1 atom stereocenters. The van der Waals surface area contributed by atoms with Gasteiger partial charge in [0.05, 0.1) is 19.2 Å². The van der Waals surface area contributed by atoms with Crippen molar-refractivity contribution >= 4 is 35.3 Å². The number of piperazine rings is 1. The largest absolute Gasteiger partial charge is 0.495 e. The molecule has 2 saturated heterocycles. The van der Waals surface area contributed by atoms with Crippen molar-refractivity contribution < 1.29 is 29.0 Å². The molecule has 2 aliphatic rings. The monoisotopic (exact) mass is 523 g/mol. The fourth-order valence-electron chi connectivity index (χ4n) is 4.86. The number of aryl methyl sites for hydroxylation is 1. The molecule has 11 nitrogen and oxygen atoms in total. The molecule has 2 aromatic carbocycles. The summed E-state index contributed by atoms with van der Waals surface area (Å²) in [6, 6.07) is 11.6. The highest BCUT2D eigenvalue weighted by Gasteiger charge is 2.37. The minimum Gasteiger partial charge on any atom is -0.495 e. The number of carbonyl (C=O) groups is 4. The molecule has 0 bridgehead atoms. The minimum absolute atomic E-state index is 0.0859. The first kappa shape index (κ1) is 26.8. The van der Waals surface area contributed by atoms with Crippen LogP contribution in [-0.2, 0) is 16.0 Å². The van der Waals surface area contributed by atoms with E-state index in [1.165, 1.54) is 12.0 Å². The quantitative estimate of drug-likeness (QED) is 0.534. The predicted octanol–water partition coefficient (Wildman–Crippen LogP) is 3.00. The number of carboxylic acid groups (broad SMARTS) is 1. The molecule has 2 heterocycles. The number of hydrogen-bond acceptors (Lipinski definition) is 5. The lowest BCUT2D eigenvalue weighted by Gasteiger charge is -2.36. The summed E-state index contributed by atoms with van der Waals surface area (Å²) in [5.41, 5.74) is 2.80. The topological polar surface area (TPSA) is 132 Å². The zero-order valence-electron chi connectivity index (χ0n) is 21.6. The van der Waals surface area contributed by atoms with Crippen molar-refractivity contribution in [2.24, 2.45) is 0 Å². The fourth-order valence-corrected chi connectivity index (χ4v) is 4.86. The van der Waals surface area contributed by atoms with E-state index < -0.39 is 18.2 Å². The molecule has 0 radical (unpaired) electrons. The van der Waals surface area contributed by atoms with Crippen LogP contribution in [0.1, 0.15) is 24.0 Å². The molecule has 202 valence electrons. The van der Waals surface area contributed by atoms with Crippen molar-refractivity contribution in [2.45, 2.75) is 32.2 Å². The molecule has 1 unspecified atom stereocenters. The van der Waals surface area contributed by atoms with Gasteiger partial charge >= 0.3 is 12.1 Å². The van der Waals surface area contributed by atoms with E-state index in [2.05, 4.69) is 10.6 Å². The summed E-state index contributed by atoms with van der Waals surface area (Å²) in [5, 5.41) is 14.7. The summed E-state index contributed by atoms with van der Waals surface area (Å²) in [6.07, 6.45) is 0.423. The minimum atomic E-state index is -0.988. The molecule has 5 amide bonds. The van der Waals surface area contributed by atoms with E-state index in [0.717, 1.165) is 12.0 Å². The summed E-state index contributed by atoms with van der Waals surface area (Å²) in [5.74, 6) is 0.128. The van der Waals surface area contributed by atoms with E-state index in [0.29, 0.717) is 48.7 Å². The van der Waals surface area contributed by atoms with Gasteiger partial charge in [-0.1, -0.05) is 24.3 Å². The number of nitrogens with one attached hydrogen (secondary N) is 2. The summed E-state index contributed by atoms with van der Waals surface area (Å²) in [7, 11) is 1.49. The van der Waals surface area contributed by atoms with Crippen LogP contribution in [0.3, 0.4) is 0 Å². The zero-order chi connectivity index (χ0) is 27.2. The molecule has 4 rings (SSSR count). The lowest BCUT2D eigenvalue weighted by Crippen LogP contribution is -2.55. The molecule has 38 heavy (non-hydrogen) atoms. The Kier molecular flexibility index (Phi) is 8.35. The lowest BCUT2D eigenvalue weighted by atomic mass is 10.1. The van der Waals surface area contributed by atoms with E-state index in [4.69, 9.17) is 9.84 Å². The van der Waals surface area contributed by atoms with E-state index >= 15 is 0 Å². The van der Waals surface area contributed by atoms with Crippen molar-refractivity contribution in [2.75, 3.05) is 50.5 Å². The number of rotatable bonds is 6. The van der Waals surface area contributed by atoms with Crippen molar-refractivity contribution in [3.8, 4) is 5.75 Å². The van der Waals surface area contributed by atoms with Crippen LogP contribution in [0, 0.1) is 6.92 Å². The van der Waals surface area contributed by atoms with Crippen molar-refractivity contribution in [3.05, 3.63) is 53.6 Å². The molecular weight excluding hydrogens is 490 g/mol. The third-order valence-electron chi connectivity index (χ3n) is 6.98. The second-order valence-corrected chi connectivity index (χ2v) is 9.45. The van der Waals surface area contributed by atoms with Crippen molar-refractivity contribution in [1.82, 2.24) is 14.7 Å². The van der Waals surface area contributed by atoms with Crippen LogP contribution in [0.2, 0.25) is 0 Å². The molecule has 2 aromatic rings. The molecule has 11 heteroatoms. The maximum atomic E-state index is 13.2. The third kappa shape index (κ3) is 6.16. The molecule has 3 N–H and O–H groups in total. The van der Waals surface area contributed by atoms with Crippen LogP contribution in [-0.4, -0.2) is 89.6 Å². The highest BCUT2D eigenvalue weighted by atomic mass is 16.5. The van der Waals surface area contributed by atoms with Gasteiger partial charge in [0, 0.05) is 38.4 Å². The summed E-state index contributed by atoms with van der Waals surface area (Å²) in [4.78, 5) is 54.6. The van der Waals surface area contributed by atoms with Crippen LogP contribution in [0.15, 0.2) is 42.5 Å². The van der Waals surface area contributed by atoms with Crippen LogP contribution < -0.4 is 15.4 Å². The van der Waals surface area contributed by atoms with Gasteiger partial charge in [0.2, 0.25) is 11.8 Å². The molecule has 0 saturated carbocycles. The first-order chi connectivity index (χ1) is 18.3. The Hall–Kier alpha value is -4.28. The third-order valence-corrected chi connectivity index (χ3v) is 6.98. The first-order valence-electron chi connectivity index (χ1n) is 12.6. The Bertz CT molecular complexity index is 1210. The molecule has 0 spiro atoms. The Morgan fingerprint density at radius 3 is 2.32 bits per heavy atom. The Morgan fingerprint density at radius 1 is 0.947 bits per heavy atom. The van der Waals surface area contributed by atoms with E-state index in [1.807, 2.05) is 31.2 Å². The van der Waals surface area contributed by atoms with Gasteiger partial charge in [0.25, 0.3) is 0 Å². The number of benzene rings is 2. The number of amides is 5. The average molecular weight is 524 g/mol. The molecule has 0 aromatic heterocycles. The van der Waals surface area contributed by atoms with Gasteiger partial charge in [0.15, 0.2) is 0 Å².